The molecule has 2 rings (SSSR count). The van der Waals surface area contributed by atoms with Crippen LogP contribution in [0.15, 0.2) is 24.3 Å². The minimum absolute atomic E-state index is 0.0598. The summed E-state index contributed by atoms with van der Waals surface area (Å²) in [6, 6.07) is 7.56. The van der Waals surface area contributed by atoms with Gasteiger partial charge in [0.05, 0.1) is 19.2 Å². The number of nitrogens with two attached hydrogens (primary N) is 1. The third kappa shape index (κ3) is 2.48. The Morgan fingerprint density at radius 1 is 1.39 bits per heavy atom. The van der Waals surface area contributed by atoms with E-state index in [4.69, 9.17) is 10.5 Å². The summed E-state index contributed by atoms with van der Waals surface area (Å²) in [7, 11) is 1.64. The van der Waals surface area contributed by atoms with Crippen LogP contribution >= 0.6 is 0 Å². The first-order chi connectivity index (χ1) is 8.63. The zero-order valence-corrected chi connectivity index (χ0v) is 10.9. The van der Waals surface area contributed by atoms with Crippen LogP contribution in [0, 0.1) is 0 Å². The maximum absolute atomic E-state index is 12.0. The number of hydrogen-bond acceptors (Lipinski definition) is 3. The van der Waals surface area contributed by atoms with Gasteiger partial charge in [-0.1, -0.05) is 12.1 Å². The Kier molecular flexibility index (Phi) is 3.87. The number of hydrogen-bond donors (Lipinski definition) is 1. The van der Waals surface area contributed by atoms with E-state index in [9.17, 15) is 4.79 Å². The maximum Gasteiger partial charge on any atom is 0.239 e. The minimum Gasteiger partial charge on any atom is -0.497 e. The lowest BCUT2D eigenvalue weighted by atomic mass is 10.00. The highest BCUT2D eigenvalue weighted by molar-refractivity contribution is 5.82. The van der Waals surface area contributed by atoms with Crippen molar-refractivity contribution in [3.8, 4) is 5.75 Å². The van der Waals surface area contributed by atoms with Crippen molar-refractivity contribution in [3.05, 3.63) is 29.8 Å². The molecule has 1 saturated heterocycles. The number of likely N-dealkylation sites (tertiary alicyclic amines) is 1. The van der Waals surface area contributed by atoms with Crippen LogP contribution in [0.3, 0.4) is 0 Å². The van der Waals surface area contributed by atoms with Crippen molar-refractivity contribution in [2.45, 2.75) is 31.8 Å². The van der Waals surface area contributed by atoms with Gasteiger partial charge < -0.3 is 15.4 Å². The molecule has 4 heteroatoms. The average molecular weight is 248 g/mol. The van der Waals surface area contributed by atoms with Crippen LogP contribution in [0.5, 0.6) is 5.75 Å². The second-order valence-corrected chi connectivity index (χ2v) is 4.73. The molecule has 2 N–H and O–H groups in total. The summed E-state index contributed by atoms with van der Waals surface area (Å²) < 4.78 is 5.13. The molecule has 18 heavy (non-hydrogen) atoms. The van der Waals surface area contributed by atoms with E-state index in [0.717, 1.165) is 30.7 Å². The Labute approximate surface area is 108 Å². The molecule has 1 aromatic carbocycles. The van der Waals surface area contributed by atoms with E-state index in [1.54, 1.807) is 7.11 Å². The monoisotopic (exact) mass is 248 g/mol. The number of piperidine rings is 1. The van der Waals surface area contributed by atoms with Crippen LogP contribution in [0.25, 0.3) is 0 Å². The van der Waals surface area contributed by atoms with Gasteiger partial charge >= 0.3 is 0 Å². The van der Waals surface area contributed by atoms with Crippen LogP contribution < -0.4 is 10.5 Å². The Morgan fingerprint density at radius 2 is 2.06 bits per heavy atom. The molecule has 0 bridgehead atoms. The highest BCUT2D eigenvalue weighted by Gasteiger charge is 2.29. The number of amides is 1. The second kappa shape index (κ2) is 5.40. The Hall–Kier alpha value is -1.55. The topological polar surface area (TPSA) is 55.6 Å². The van der Waals surface area contributed by atoms with Gasteiger partial charge in [0.1, 0.15) is 5.75 Å². The zero-order chi connectivity index (χ0) is 13.1. The lowest BCUT2D eigenvalue weighted by Gasteiger charge is -2.35. The van der Waals surface area contributed by atoms with E-state index in [1.807, 2.05) is 36.1 Å². The summed E-state index contributed by atoms with van der Waals surface area (Å²) in [5.41, 5.74) is 6.93. The number of benzene rings is 1. The summed E-state index contributed by atoms with van der Waals surface area (Å²) in [4.78, 5) is 13.9. The molecule has 1 aromatic rings. The van der Waals surface area contributed by atoms with Gasteiger partial charge in [0, 0.05) is 6.54 Å². The van der Waals surface area contributed by atoms with Crippen LogP contribution in [0.1, 0.15) is 31.4 Å². The number of nitrogens with zero attached hydrogens (tertiary/aromatic N) is 1. The third-order valence-corrected chi connectivity index (χ3v) is 3.58. The number of carbonyl (C=O) groups excluding carboxylic acids is 1. The van der Waals surface area contributed by atoms with Gasteiger partial charge in [0.25, 0.3) is 0 Å². The normalized spacial score (nSPS) is 21.8. The molecule has 1 amide bonds. The van der Waals surface area contributed by atoms with Crippen LogP contribution in [0.4, 0.5) is 0 Å². The molecular weight excluding hydrogens is 228 g/mol. The fourth-order valence-electron chi connectivity index (χ4n) is 2.38. The molecule has 1 aliphatic heterocycles. The average Bonchev–Trinajstić information content (AvgIpc) is 2.41. The van der Waals surface area contributed by atoms with E-state index in [2.05, 4.69) is 0 Å². The van der Waals surface area contributed by atoms with Crippen molar-refractivity contribution >= 4 is 5.91 Å². The maximum atomic E-state index is 12.0. The standard InChI is InChI=1S/C14H20N2O2/c1-10(11-5-7-12(18-2)8-6-11)16-9-3-4-13(15)14(16)17/h5-8,10,13H,3-4,9,15H2,1-2H3. The van der Waals surface area contributed by atoms with Crippen LogP contribution in [-0.4, -0.2) is 30.5 Å². The van der Waals surface area contributed by atoms with Gasteiger partial charge in [-0.05, 0) is 37.5 Å². The summed E-state index contributed by atoms with van der Waals surface area (Å²) in [5, 5.41) is 0. The van der Waals surface area contributed by atoms with Crippen LogP contribution in [-0.2, 0) is 4.79 Å². The Balaban J connectivity index is 2.14. The van der Waals surface area contributed by atoms with Gasteiger partial charge in [-0.15, -0.1) is 0 Å². The highest BCUT2D eigenvalue weighted by atomic mass is 16.5. The second-order valence-electron chi connectivity index (χ2n) is 4.73. The number of carbonyl (C=O) groups is 1. The molecule has 0 aliphatic carbocycles. The highest BCUT2D eigenvalue weighted by Crippen LogP contribution is 2.26. The molecule has 0 radical (unpaired) electrons. The summed E-state index contributed by atoms with van der Waals surface area (Å²) in [6.45, 7) is 2.83. The van der Waals surface area contributed by atoms with E-state index < -0.39 is 0 Å². The predicted molar refractivity (Wildman–Crippen MR) is 70.3 cm³/mol. The number of ether oxygens (including phenoxy) is 1. The van der Waals surface area contributed by atoms with E-state index in [1.165, 1.54) is 0 Å². The molecule has 2 unspecified atom stereocenters. The van der Waals surface area contributed by atoms with Gasteiger partial charge in [-0.25, -0.2) is 0 Å². The molecule has 4 nitrogen and oxygen atoms in total. The third-order valence-electron chi connectivity index (χ3n) is 3.58. The molecule has 0 aromatic heterocycles. The lowest BCUT2D eigenvalue weighted by molar-refractivity contribution is -0.137. The summed E-state index contributed by atoms with van der Waals surface area (Å²) >= 11 is 0. The number of rotatable bonds is 3. The molecule has 0 spiro atoms. The zero-order valence-electron chi connectivity index (χ0n) is 10.9. The summed E-state index contributed by atoms with van der Waals surface area (Å²) in [5.74, 6) is 0.886. The van der Waals surface area contributed by atoms with Crippen LogP contribution in [0.2, 0.25) is 0 Å². The first kappa shape index (κ1) is 12.9. The Morgan fingerprint density at radius 3 is 2.67 bits per heavy atom. The van der Waals surface area contributed by atoms with Crippen molar-refractivity contribution in [2.75, 3.05) is 13.7 Å². The van der Waals surface area contributed by atoms with Gasteiger partial charge in [0.15, 0.2) is 0 Å². The quantitative estimate of drug-likeness (QED) is 0.886. The fourth-order valence-corrected chi connectivity index (χ4v) is 2.38. The van der Waals surface area contributed by atoms with Gasteiger partial charge in [0.2, 0.25) is 5.91 Å². The fraction of sp³-hybridized carbons (Fsp3) is 0.500. The molecule has 1 aliphatic rings. The SMILES string of the molecule is COc1ccc(C(C)N2CCCC(N)C2=O)cc1. The Bertz CT molecular complexity index is 416. The van der Waals surface area contributed by atoms with Crippen molar-refractivity contribution < 1.29 is 9.53 Å². The lowest BCUT2D eigenvalue weighted by Crippen LogP contribution is -2.49. The molecule has 1 fully saturated rings. The van der Waals surface area contributed by atoms with Gasteiger partial charge in [-0.3, -0.25) is 4.79 Å². The predicted octanol–water partition coefficient (Wildman–Crippen LogP) is 1.71. The van der Waals surface area contributed by atoms with Crippen molar-refractivity contribution in [3.63, 3.8) is 0 Å². The molecule has 2 atom stereocenters. The smallest absolute Gasteiger partial charge is 0.239 e. The first-order valence-electron chi connectivity index (χ1n) is 6.33. The van der Waals surface area contributed by atoms with E-state index in [-0.39, 0.29) is 18.0 Å². The van der Waals surface area contributed by atoms with Gasteiger partial charge in [-0.2, -0.15) is 0 Å². The minimum atomic E-state index is -0.334. The summed E-state index contributed by atoms with van der Waals surface area (Å²) in [6.07, 6.45) is 1.78. The largest absolute Gasteiger partial charge is 0.497 e. The van der Waals surface area contributed by atoms with E-state index >= 15 is 0 Å². The van der Waals surface area contributed by atoms with Crippen molar-refractivity contribution in [1.29, 1.82) is 0 Å². The first-order valence-corrected chi connectivity index (χ1v) is 6.33. The number of methoxy groups -OCH3 is 1. The molecule has 1 heterocycles. The molecule has 0 saturated carbocycles. The molecular formula is C14H20N2O2. The van der Waals surface area contributed by atoms with Crippen molar-refractivity contribution in [1.82, 2.24) is 4.90 Å². The van der Waals surface area contributed by atoms with Crippen molar-refractivity contribution in [2.24, 2.45) is 5.73 Å². The van der Waals surface area contributed by atoms with E-state index in [0.29, 0.717) is 0 Å². The molecule has 98 valence electrons.